The lowest BCUT2D eigenvalue weighted by Crippen LogP contribution is -2.49. The van der Waals surface area contributed by atoms with Crippen molar-refractivity contribution in [1.82, 2.24) is 15.5 Å². The standard InChI is InChI=1S/C29H32ClFN4O3/c1-32-17-24(15-22-11-12-33-28(22)37)34-29(38)26-14-20(13-19-5-3-2-4-6-19)18-35(26)27(36)10-8-21-7-9-23(30)16-25(21)31/h2-10,16,20,22,24,26H,1,11-15,17-18H2,(H,33,37)(H,34,38)/b10-8+/t20-,22+,24+,26+/m1/s1. The molecule has 7 nitrogen and oxygen atoms in total. The summed E-state index contributed by atoms with van der Waals surface area (Å²) >= 11 is 5.83. The number of aliphatic imine (C=N–C) groups is 1. The maximum Gasteiger partial charge on any atom is 0.247 e. The van der Waals surface area contributed by atoms with E-state index in [9.17, 15) is 18.8 Å². The van der Waals surface area contributed by atoms with Crippen LogP contribution in [0.5, 0.6) is 0 Å². The highest BCUT2D eigenvalue weighted by Gasteiger charge is 2.40. The van der Waals surface area contributed by atoms with Gasteiger partial charge in [-0.15, -0.1) is 0 Å². The van der Waals surface area contributed by atoms with Gasteiger partial charge < -0.3 is 15.5 Å². The van der Waals surface area contributed by atoms with Gasteiger partial charge in [0.05, 0.1) is 6.54 Å². The van der Waals surface area contributed by atoms with Crippen LogP contribution in [0.25, 0.3) is 6.08 Å². The lowest BCUT2D eigenvalue weighted by Gasteiger charge is -2.26. The summed E-state index contributed by atoms with van der Waals surface area (Å²) in [6, 6.07) is 13.1. The molecule has 0 saturated carbocycles. The van der Waals surface area contributed by atoms with Crippen LogP contribution < -0.4 is 10.6 Å². The molecular formula is C29H32ClFN4O3. The van der Waals surface area contributed by atoms with E-state index in [4.69, 9.17) is 11.6 Å². The minimum atomic E-state index is -0.694. The fraction of sp³-hybridized carbons (Fsp3) is 0.379. The quantitative estimate of drug-likeness (QED) is 0.357. The van der Waals surface area contributed by atoms with E-state index < -0.39 is 11.9 Å². The van der Waals surface area contributed by atoms with E-state index in [0.29, 0.717) is 32.4 Å². The zero-order chi connectivity index (χ0) is 27.1. The molecule has 0 bridgehead atoms. The summed E-state index contributed by atoms with van der Waals surface area (Å²) in [5.41, 5.74) is 1.36. The number of nitrogens with one attached hydrogen (secondary N) is 2. The molecule has 2 heterocycles. The first-order valence-electron chi connectivity index (χ1n) is 12.8. The fourth-order valence-electron chi connectivity index (χ4n) is 5.25. The summed E-state index contributed by atoms with van der Waals surface area (Å²) in [5.74, 6) is -1.32. The number of rotatable bonds is 10. The fourth-order valence-corrected chi connectivity index (χ4v) is 5.41. The molecular weight excluding hydrogens is 507 g/mol. The zero-order valence-corrected chi connectivity index (χ0v) is 21.9. The Morgan fingerprint density at radius 1 is 1.26 bits per heavy atom. The third-order valence-electron chi connectivity index (χ3n) is 7.14. The molecule has 0 aromatic heterocycles. The van der Waals surface area contributed by atoms with E-state index in [1.165, 1.54) is 24.3 Å². The molecule has 0 aliphatic carbocycles. The number of carbonyl (C=O) groups excluding carboxylic acids is 3. The van der Waals surface area contributed by atoms with E-state index in [2.05, 4.69) is 22.3 Å². The highest BCUT2D eigenvalue weighted by Crippen LogP contribution is 2.28. The highest BCUT2D eigenvalue weighted by atomic mass is 35.5. The van der Waals surface area contributed by atoms with Crippen molar-refractivity contribution in [1.29, 1.82) is 0 Å². The molecule has 2 N–H and O–H groups in total. The number of amides is 3. The lowest BCUT2D eigenvalue weighted by atomic mass is 9.95. The number of halogens is 2. The molecule has 2 fully saturated rings. The third kappa shape index (κ3) is 7.07. The number of benzene rings is 2. The molecule has 0 spiro atoms. The molecule has 4 atom stereocenters. The van der Waals surface area contributed by atoms with Crippen LogP contribution in [0, 0.1) is 17.7 Å². The van der Waals surface area contributed by atoms with Crippen LogP contribution in [-0.4, -0.2) is 61.1 Å². The smallest absolute Gasteiger partial charge is 0.247 e. The lowest BCUT2D eigenvalue weighted by molar-refractivity contribution is -0.135. The maximum absolute atomic E-state index is 14.2. The topological polar surface area (TPSA) is 90.9 Å². The number of nitrogens with zero attached hydrogens (tertiary/aromatic N) is 2. The Labute approximate surface area is 227 Å². The Morgan fingerprint density at radius 3 is 2.74 bits per heavy atom. The predicted molar refractivity (Wildman–Crippen MR) is 146 cm³/mol. The van der Waals surface area contributed by atoms with Crippen LogP contribution >= 0.6 is 11.6 Å². The monoisotopic (exact) mass is 538 g/mol. The summed E-state index contributed by atoms with van der Waals surface area (Å²) in [6.07, 6.45) is 5.08. The molecule has 3 amide bonds. The Morgan fingerprint density at radius 2 is 2.05 bits per heavy atom. The first-order chi connectivity index (χ1) is 18.3. The van der Waals surface area contributed by atoms with Gasteiger partial charge in [-0.2, -0.15) is 0 Å². The second-order valence-electron chi connectivity index (χ2n) is 9.92. The zero-order valence-electron chi connectivity index (χ0n) is 21.1. The van der Waals surface area contributed by atoms with Crippen molar-refractivity contribution in [3.05, 3.63) is 76.6 Å². The van der Waals surface area contributed by atoms with Crippen LogP contribution in [0.2, 0.25) is 5.02 Å². The SMILES string of the molecule is C=NC[C@H](C[C@@H]1CCNC1=O)NC(=O)[C@@H]1C[C@@H](Cc2ccccc2)CN1C(=O)/C=C/c1ccc(Cl)cc1F. The van der Waals surface area contributed by atoms with Gasteiger partial charge in [0.15, 0.2) is 0 Å². The van der Waals surface area contributed by atoms with Crippen molar-refractivity contribution in [2.45, 2.75) is 37.8 Å². The molecule has 0 unspecified atom stereocenters. The number of carbonyl (C=O) groups is 3. The van der Waals surface area contributed by atoms with Crippen molar-refractivity contribution in [3.63, 3.8) is 0 Å². The summed E-state index contributed by atoms with van der Waals surface area (Å²) in [7, 11) is 0. The van der Waals surface area contributed by atoms with Crippen LogP contribution in [0.1, 0.15) is 30.4 Å². The number of hydrogen-bond donors (Lipinski definition) is 2. The summed E-state index contributed by atoms with van der Waals surface area (Å²) in [5, 5.41) is 6.11. The average Bonchev–Trinajstić information content (AvgIpc) is 3.50. The summed E-state index contributed by atoms with van der Waals surface area (Å²) in [6.45, 7) is 4.85. The summed E-state index contributed by atoms with van der Waals surface area (Å²) < 4.78 is 14.2. The Bertz CT molecular complexity index is 1210. The second kappa shape index (κ2) is 12.8. The average molecular weight is 539 g/mol. The molecule has 2 aliphatic rings. The van der Waals surface area contributed by atoms with Gasteiger partial charge in [-0.05, 0) is 62.1 Å². The maximum atomic E-state index is 14.2. The van der Waals surface area contributed by atoms with E-state index in [1.54, 1.807) is 11.0 Å². The molecule has 38 heavy (non-hydrogen) atoms. The first kappa shape index (κ1) is 27.5. The molecule has 2 saturated heterocycles. The number of hydrogen-bond acceptors (Lipinski definition) is 4. The van der Waals surface area contributed by atoms with Crippen LogP contribution in [0.4, 0.5) is 4.39 Å². The molecule has 2 aromatic carbocycles. The Hall–Kier alpha value is -3.52. The van der Waals surface area contributed by atoms with E-state index >= 15 is 0 Å². The van der Waals surface area contributed by atoms with Crippen LogP contribution in [-0.2, 0) is 20.8 Å². The van der Waals surface area contributed by atoms with Gasteiger partial charge in [0.1, 0.15) is 11.9 Å². The van der Waals surface area contributed by atoms with Gasteiger partial charge in [-0.1, -0.05) is 48.0 Å². The molecule has 9 heteroatoms. The molecule has 200 valence electrons. The van der Waals surface area contributed by atoms with Crippen molar-refractivity contribution in [2.24, 2.45) is 16.8 Å². The van der Waals surface area contributed by atoms with E-state index in [1.807, 2.05) is 30.3 Å². The number of likely N-dealkylation sites (tertiary alicyclic amines) is 1. The first-order valence-corrected chi connectivity index (χ1v) is 13.2. The molecule has 4 rings (SSSR count). The largest absolute Gasteiger partial charge is 0.356 e. The highest BCUT2D eigenvalue weighted by molar-refractivity contribution is 6.30. The van der Waals surface area contributed by atoms with Crippen LogP contribution in [0.15, 0.2) is 59.6 Å². The van der Waals surface area contributed by atoms with E-state index in [-0.39, 0.29) is 52.7 Å². The van der Waals surface area contributed by atoms with Gasteiger partial charge in [-0.25, -0.2) is 4.39 Å². The van der Waals surface area contributed by atoms with Crippen molar-refractivity contribution >= 4 is 42.1 Å². The van der Waals surface area contributed by atoms with Crippen molar-refractivity contribution in [2.75, 3.05) is 19.6 Å². The molecule has 2 aromatic rings. The molecule has 2 aliphatic heterocycles. The Balaban J connectivity index is 1.50. The third-order valence-corrected chi connectivity index (χ3v) is 7.37. The van der Waals surface area contributed by atoms with Crippen molar-refractivity contribution in [3.8, 4) is 0 Å². The molecule has 0 radical (unpaired) electrons. The summed E-state index contributed by atoms with van der Waals surface area (Å²) in [4.78, 5) is 44.4. The Kier molecular flexibility index (Phi) is 9.29. The minimum Gasteiger partial charge on any atom is -0.356 e. The van der Waals surface area contributed by atoms with Gasteiger partial charge in [0.25, 0.3) is 0 Å². The normalized spacial score (nSPS) is 21.9. The van der Waals surface area contributed by atoms with Gasteiger partial charge in [0.2, 0.25) is 17.7 Å². The van der Waals surface area contributed by atoms with E-state index in [0.717, 1.165) is 12.0 Å². The predicted octanol–water partition coefficient (Wildman–Crippen LogP) is 3.66. The van der Waals surface area contributed by atoms with Gasteiger partial charge in [0, 0.05) is 41.7 Å². The van der Waals surface area contributed by atoms with Crippen LogP contribution in [0.3, 0.4) is 0 Å². The minimum absolute atomic E-state index is 0.0199. The van der Waals surface area contributed by atoms with Gasteiger partial charge >= 0.3 is 0 Å². The second-order valence-corrected chi connectivity index (χ2v) is 10.4. The van der Waals surface area contributed by atoms with Gasteiger partial charge in [-0.3, -0.25) is 19.4 Å². The van der Waals surface area contributed by atoms with Crippen molar-refractivity contribution < 1.29 is 18.8 Å².